The second-order valence-electron chi connectivity index (χ2n) is 2.81. The molecule has 1 rings (SSSR count). The Morgan fingerprint density at radius 1 is 1.21 bits per heavy atom. The van der Waals surface area contributed by atoms with Crippen LogP contribution in [0.2, 0.25) is 0 Å². The molecule has 0 aliphatic carbocycles. The van der Waals surface area contributed by atoms with Crippen LogP contribution in [-0.2, 0) is 26.2 Å². The van der Waals surface area contributed by atoms with Gasteiger partial charge in [0.1, 0.15) is 0 Å². The largest absolute Gasteiger partial charge is 2.00 e. The average Bonchev–Trinajstić information content (AvgIpc) is 2.73. The Kier molecular flexibility index (Phi) is 12.5. The maximum absolute atomic E-state index is 3.06. The van der Waals surface area contributed by atoms with Crippen molar-refractivity contribution in [3.8, 4) is 0 Å². The maximum atomic E-state index is 3.06. The number of hydrogen-bond acceptors (Lipinski definition) is 0. The molecule has 0 fully saturated rings. The zero-order chi connectivity index (χ0) is 10.1. The Labute approximate surface area is 107 Å². The predicted octanol–water partition coefficient (Wildman–Crippen LogP) is 4.12. The normalized spacial score (nSPS) is 11.1. The van der Waals surface area contributed by atoms with Crippen LogP contribution >= 0.6 is 0 Å². The van der Waals surface area contributed by atoms with Crippen LogP contribution in [0, 0.1) is 6.08 Å². The van der Waals surface area contributed by atoms with E-state index in [1.807, 2.05) is 44.2 Å². The molecule has 0 aliphatic heterocycles. The second kappa shape index (κ2) is 10.8. The molecule has 0 nitrogen and oxygen atoms in total. The van der Waals surface area contributed by atoms with Crippen LogP contribution in [0.3, 0.4) is 0 Å². The Balaban J connectivity index is 0. The minimum absolute atomic E-state index is 0. The van der Waals surface area contributed by atoms with Gasteiger partial charge < -0.3 is 0 Å². The van der Waals surface area contributed by atoms with Crippen molar-refractivity contribution in [2.24, 2.45) is 0 Å². The van der Waals surface area contributed by atoms with Crippen molar-refractivity contribution < 1.29 is 26.2 Å². The molecule has 1 aromatic carbocycles. The van der Waals surface area contributed by atoms with Crippen LogP contribution in [0.25, 0.3) is 0 Å². The summed E-state index contributed by atoms with van der Waals surface area (Å²) in [6, 6.07) is 10.0. The molecule has 0 aliphatic rings. The van der Waals surface area contributed by atoms with Crippen LogP contribution in [0.5, 0.6) is 0 Å². The maximum Gasteiger partial charge on any atom is 2.00 e. The average molecular weight is 266 g/mol. The molecule has 0 saturated carbocycles. The van der Waals surface area contributed by atoms with Gasteiger partial charge in [-0.15, -0.1) is 13.8 Å². The van der Waals surface area contributed by atoms with Crippen molar-refractivity contribution in [1.82, 2.24) is 0 Å². The Morgan fingerprint density at radius 3 is 1.86 bits per heavy atom. The smallest absolute Gasteiger partial charge is 0.275 e. The van der Waals surface area contributed by atoms with Crippen LogP contribution in [0.15, 0.2) is 47.6 Å². The zero-order valence-electron chi connectivity index (χ0n) is 9.46. The first kappa shape index (κ1) is 16.2. The van der Waals surface area contributed by atoms with E-state index in [0.29, 0.717) is 0 Å². The van der Waals surface area contributed by atoms with Crippen molar-refractivity contribution >= 4 is 0 Å². The molecule has 0 N–H and O–H groups in total. The molecule has 0 unspecified atom stereocenters. The van der Waals surface area contributed by atoms with Gasteiger partial charge in [0, 0.05) is 0 Å². The number of rotatable bonds is 1. The molecule has 14 heavy (non-hydrogen) atoms. The summed E-state index contributed by atoms with van der Waals surface area (Å²) >= 11 is 0. The van der Waals surface area contributed by atoms with Gasteiger partial charge in [0.15, 0.2) is 0 Å². The molecule has 0 spiro atoms. The SMILES string of the molecule is C[C-]=C(C)C(C)=CC.[Zr+2].c1cc[cH-]c1. The molecule has 1 aromatic rings. The molecule has 0 saturated heterocycles. The fraction of sp³-hybridized carbons (Fsp3) is 0.308. The summed E-state index contributed by atoms with van der Waals surface area (Å²) in [5.74, 6) is 0. The topological polar surface area (TPSA) is 0 Å². The minimum atomic E-state index is 0. The Bertz CT molecular complexity index is 220. The van der Waals surface area contributed by atoms with E-state index >= 15 is 0 Å². The van der Waals surface area contributed by atoms with Crippen molar-refractivity contribution in [2.75, 3.05) is 0 Å². The summed E-state index contributed by atoms with van der Waals surface area (Å²) in [7, 11) is 0. The van der Waals surface area contributed by atoms with Crippen LogP contribution in [0.4, 0.5) is 0 Å². The van der Waals surface area contributed by atoms with Gasteiger partial charge in [0.05, 0.1) is 0 Å². The molecule has 0 aromatic heterocycles. The fourth-order valence-corrected chi connectivity index (χ4v) is 0.734. The summed E-state index contributed by atoms with van der Waals surface area (Å²) < 4.78 is 0. The van der Waals surface area contributed by atoms with Gasteiger partial charge in [-0.2, -0.15) is 24.3 Å². The predicted molar refractivity (Wildman–Crippen MR) is 59.6 cm³/mol. The van der Waals surface area contributed by atoms with E-state index in [0.717, 1.165) is 0 Å². The van der Waals surface area contributed by atoms with Crippen LogP contribution < -0.4 is 0 Å². The summed E-state index contributed by atoms with van der Waals surface area (Å²) in [5.41, 5.74) is 2.56. The van der Waals surface area contributed by atoms with E-state index in [9.17, 15) is 0 Å². The molecule has 0 amide bonds. The van der Waals surface area contributed by atoms with Crippen molar-refractivity contribution in [3.05, 3.63) is 53.6 Å². The summed E-state index contributed by atoms with van der Waals surface area (Å²) in [6.45, 7) is 8.12. The summed E-state index contributed by atoms with van der Waals surface area (Å²) in [5, 5.41) is 0. The van der Waals surface area contributed by atoms with Gasteiger partial charge >= 0.3 is 26.2 Å². The first-order valence-electron chi connectivity index (χ1n) is 4.53. The third-order valence-electron chi connectivity index (χ3n) is 1.96. The quantitative estimate of drug-likeness (QED) is 0.529. The molecule has 0 heterocycles. The summed E-state index contributed by atoms with van der Waals surface area (Å²) in [4.78, 5) is 0. The third kappa shape index (κ3) is 8.32. The molecule has 74 valence electrons. The standard InChI is InChI=1S/C8H13.C5H5.Zr/c1-5-7(3)8(4)6-2;1-2-4-5-3-1;/h5H,1-4H3;1-5H;/q2*-1;+2. The van der Waals surface area contributed by atoms with Crippen molar-refractivity contribution in [3.63, 3.8) is 0 Å². The second-order valence-corrected chi connectivity index (χ2v) is 2.81. The minimum Gasteiger partial charge on any atom is -0.275 e. The first-order valence-corrected chi connectivity index (χ1v) is 4.53. The van der Waals surface area contributed by atoms with E-state index in [4.69, 9.17) is 0 Å². The Hall–Kier alpha value is -0.287. The van der Waals surface area contributed by atoms with Crippen LogP contribution in [0.1, 0.15) is 27.7 Å². The molecule has 0 radical (unpaired) electrons. The first-order chi connectivity index (χ1) is 6.22. The van der Waals surface area contributed by atoms with E-state index < -0.39 is 0 Å². The molecular weight excluding hydrogens is 247 g/mol. The molecule has 0 atom stereocenters. The van der Waals surface area contributed by atoms with E-state index in [1.165, 1.54) is 11.1 Å². The van der Waals surface area contributed by atoms with Crippen molar-refractivity contribution in [1.29, 1.82) is 0 Å². The zero-order valence-corrected chi connectivity index (χ0v) is 11.9. The van der Waals surface area contributed by atoms with Gasteiger partial charge in [-0.25, -0.2) is 23.3 Å². The van der Waals surface area contributed by atoms with Gasteiger partial charge in [-0.1, -0.05) is 13.8 Å². The Morgan fingerprint density at radius 2 is 1.71 bits per heavy atom. The fourth-order valence-electron chi connectivity index (χ4n) is 0.734. The van der Waals surface area contributed by atoms with Gasteiger partial charge in [0.2, 0.25) is 0 Å². The van der Waals surface area contributed by atoms with Gasteiger partial charge in [0.25, 0.3) is 0 Å². The van der Waals surface area contributed by atoms with Crippen LogP contribution in [-0.4, -0.2) is 0 Å². The van der Waals surface area contributed by atoms with E-state index in [-0.39, 0.29) is 26.2 Å². The molecular formula is C13H18Zr. The number of hydrogen-bond donors (Lipinski definition) is 0. The van der Waals surface area contributed by atoms with Gasteiger partial charge in [-0.3, -0.25) is 6.08 Å². The number of allylic oxidation sites excluding steroid dienone is 4. The molecule has 1 heteroatoms. The molecule has 0 bridgehead atoms. The van der Waals surface area contributed by atoms with Gasteiger partial charge in [-0.05, 0) is 0 Å². The summed E-state index contributed by atoms with van der Waals surface area (Å²) in [6.07, 6.45) is 5.15. The van der Waals surface area contributed by atoms with E-state index in [1.54, 1.807) is 0 Å². The van der Waals surface area contributed by atoms with Crippen molar-refractivity contribution in [2.45, 2.75) is 27.7 Å². The monoisotopic (exact) mass is 264 g/mol. The van der Waals surface area contributed by atoms with E-state index in [2.05, 4.69) is 26.0 Å². The third-order valence-corrected chi connectivity index (χ3v) is 1.96.